The first-order valence-corrected chi connectivity index (χ1v) is 6.65. The maximum atomic E-state index is 11.2. The maximum absolute atomic E-state index is 11.2. The molecule has 6 heteroatoms. The second-order valence-electron chi connectivity index (χ2n) is 3.82. The van der Waals surface area contributed by atoms with Crippen molar-refractivity contribution in [1.82, 2.24) is 5.32 Å². The third-order valence-electron chi connectivity index (χ3n) is 2.18. The standard InChI is InChI=1S/C8H16N2O3S/c1-14(12,13)5-8(11)10-7(4-9)6-2-3-6/h6-7H,2-5,9H2,1H3,(H,10,11). The number of hydrogen-bond donors (Lipinski definition) is 2. The SMILES string of the molecule is CS(=O)(=O)CC(=O)NC(CN)C1CC1. The summed E-state index contributed by atoms with van der Waals surface area (Å²) in [5.41, 5.74) is 5.46. The molecule has 1 fully saturated rings. The van der Waals surface area contributed by atoms with Gasteiger partial charge in [0.2, 0.25) is 5.91 Å². The normalized spacial score (nSPS) is 19.0. The van der Waals surface area contributed by atoms with Gasteiger partial charge in [0, 0.05) is 18.8 Å². The molecule has 82 valence electrons. The second-order valence-corrected chi connectivity index (χ2v) is 5.96. The molecular formula is C8H16N2O3S. The van der Waals surface area contributed by atoms with Gasteiger partial charge in [-0.2, -0.15) is 0 Å². The largest absolute Gasteiger partial charge is 0.351 e. The Morgan fingerprint density at radius 1 is 1.57 bits per heavy atom. The molecule has 1 aliphatic carbocycles. The highest BCUT2D eigenvalue weighted by molar-refractivity contribution is 7.91. The highest BCUT2D eigenvalue weighted by Gasteiger charge is 2.31. The molecule has 1 atom stereocenters. The molecule has 0 heterocycles. The molecule has 0 aliphatic heterocycles. The average Bonchev–Trinajstić information content (AvgIpc) is 2.78. The highest BCUT2D eigenvalue weighted by Crippen LogP contribution is 2.32. The van der Waals surface area contributed by atoms with Crippen LogP contribution in [0, 0.1) is 5.92 Å². The Kier molecular flexibility index (Phi) is 3.49. The minimum atomic E-state index is -3.24. The first-order valence-electron chi connectivity index (χ1n) is 4.59. The summed E-state index contributed by atoms with van der Waals surface area (Å²) in [6.07, 6.45) is 3.18. The van der Waals surface area contributed by atoms with E-state index in [-0.39, 0.29) is 6.04 Å². The van der Waals surface area contributed by atoms with Crippen molar-refractivity contribution in [1.29, 1.82) is 0 Å². The molecule has 1 unspecified atom stereocenters. The molecule has 1 rings (SSSR count). The number of carbonyl (C=O) groups is 1. The monoisotopic (exact) mass is 220 g/mol. The molecule has 1 saturated carbocycles. The molecule has 0 aromatic heterocycles. The van der Waals surface area contributed by atoms with Crippen LogP contribution in [0.2, 0.25) is 0 Å². The zero-order valence-electron chi connectivity index (χ0n) is 8.19. The van der Waals surface area contributed by atoms with Gasteiger partial charge in [-0.05, 0) is 18.8 Å². The first-order chi connectivity index (χ1) is 6.42. The fourth-order valence-electron chi connectivity index (χ4n) is 1.35. The van der Waals surface area contributed by atoms with Crippen molar-refractivity contribution in [3.63, 3.8) is 0 Å². The van der Waals surface area contributed by atoms with E-state index in [1.54, 1.807) is 0 Å². The van der Waals surface area contributed by atoms with Crippen molar-refractivity contribution in [3.05, 3.63) is 0 Å². The van der Waals surface area contributed by atoms with Crippen LogP contribution in [0.15, 0.2) is 0 Å². The van der Waals surface area contributed by atoms with E-state index in [9.17, 15) is 13.2 Å². The van der Waals surface area contributed by atoms with Crippen LogP contribution in [-0.4, -0.2) is 38.9 Å². The van der Waals surface area contributed by atoms with Crippen molar-refractivity contribution in [2.75, 3.05) is 18.6 Å². The molecule has 1 amide bonds. The zero-order valence-corrected chi connectivity index (χ0v) is 9.01. The topological polar surface area (TPSA) is 89.3 Å². The summed E-state index contributed by atoms with van der Waals surface area (Å²) in [7, 11) is -3.24. The van der Waals surface area contributed by atoms with E-state index in [1.165, 1.54) is 0 Å². The van der Waals surface area contributed by atoms with Crippen LogP contribution in [0.3, 0.4) is 0 Å². The summed E-state index contributed by atoms with van der Waals surface area (Å²) in [6, 6.07) is -0.0516. The van der Waals surface area contributed by atoms with E-state index in [4.69, 9.17) is 5.73 Å². The molecule has 0 radical (unpaired) electrons. The Morgan fingerprint density at radius 3 is 2.50 bits per heavy atom. The van der Waals surface area contributed by atoms with Crippen LogP contribution in [0.25, 0.3) is 0 Å². The third-order valence-corrected chi connectivity index (χ3v) is 2.97. The number of sulfone groups is 1. The summed E-state index contributed by atoms with van der Waals surface area (Å²) >= 11 is 0. The Hall–Kier alpha value is -0.620. The summed E-state index contributed by atoms with van der Waals surface area (Å²) < 4.78 is 21.6. The van der Waals surface area contributed by atoms with Gasteiger partial charge in [-0.25, -0.2) is 8.42 Å². The number of hydrogen-bond acceptors (Lipinski definition) is 4. The minimum absolute atomic E-state index is 0.0516. The molecule has 0 bridgehead atoms. The fourth-order valence-corrected chi connectivity index (χ4v) is 1.91. The van der Waals surface area contributed by atoms with Crippen LogP contribution in [0.1, 0.15) is 12.8 Å². The number of rotatable bonds is 5. The first kappa shape index (κ1) is 11.5. The average molecular weight is 220 g/mol. The number of nitrogens with one attached hydrogen (secondary N) is 1. The summed E-state index contributed by atoms with van der Waals surface area (Å²) in [5, 5.41) is 2.64. The summed E-state index contributed by atoms with van der Waals surface area (Å²) in [5.74, 6) is -0.450. The van der Waals surface area contributed by atoms with Crippen molar-refractivity contribution in [2.24, 2.45) is 11.7 Å². The molecule has 0 saturated heterocycles. The molecule has 0 aromatic carbocycles. The minimum Gasteiger partial charge on any atom is -0.351 e. The molecule has 1 aliphatic rings. The van der Waals surface area contributed by atoms with Crippen molar-refractivity contribution >= 4 is 15.7 Å². The zero-order chi connectivity index (χ0) is 10.8. The maximum Gasteiger partial charge on any atom is 0.235 e. The van der Waals surface area contributed by atoms with E-state index < -0.39 is 21.5 Å². The van der Waals surface area contributed by atoms with Crippen LogP contribution >= 0.6 is 0 Å². The molecular weight excluding hydrogens is 204 g/mol. The molecule has 0 aromatic rings. The lowest BCUT2D eigenvalue weighted by Crippen LogP contribution is -2.43. The molecule has 3 N–H and O–H groups in total. The summed E-state index contributed by atoms with van der Waals surface area (Å²) in [4.78, 5) is 11.2. The van der Waals surface area contributed by atoms with E-state index >= 15 is 0 Å². The van der Waals surface area contributed by atoms with E-state index in [0.29, 0.717) is 12.5 Å². The number of nitrogens with two attached hydrogens (primary N) is 1. The van der Waals surface area contributed by atoms with Gasteiger partial charge < -0.3 is 11.1 Å². The predicted octanol–water partition coefficient (Wildman–Crippen LogP) is -1.12. The third kappa shape index (κ3) is 4.06. The lowest BCUT2D eigenvalue weighted by atomic mass is 10.2. The van der Waals surface area contributed by atoms with Crippen LogP contribution in [-0.2, 0) is 14.6 Å². The van der Waals surface area contributed by atoms with E-state index in [2.05, 4.69) is 5.32 Å². The Morgan fingerprint density at radius 2 is 2.14 bits per heavy atom. The summed E-state index contributed by atoms with van der Waals surface area (Å²) in [6.45, 7) is 0.375. The van der Waals surface area contributed by atoms with Crippen LogP contribution < -0.4 is 11.1 Å². The Bertz CT molecular complexity index is 309. The lowest BCUT2D eigenvalue weighted by molar-refractivity contribution is -0.119. The van der Waals surface area contributed by atoms with Gasteiger partial charge in [0.05, 0.1) is 0 Å². The number of amides is 1. The number of carbonyl (C=O) groups excluding carboxylic acids is 1. The van der Waals surface area contributed by atoms with Gasteiger partial charge in [-0.15, -0.1) is 0 Å². The molecule has 5 nitrogen and oxygen atoms in total. The Labute approximate surface area is 84.0 Å². The fraction of sp³-hybridized carbons (Fsp3) is 0.875. The second kappa shape index (κ2) is 4.27. The highest BCUT2D eigenvalue weighted by atomic mass is 32.2. The van der Waals surface area contributed by atoms with Crippen LogP contribution in [0.5, 0.6) is 0 Å². The van der Waals surface area contributed by atoms with Gasteiger partial charge in [0.1, 0.15) is 5.75 Å². The van der Waals surface area contributed by atoms with Gasteiger partial charge in [0.25, 0.3) is 0 Å². The quantitative estimate of drug-likeness (QED) is 0.614. The lowest BCUT2D eigenvalue weighted by Gasteiger charge is -2.15. The molecule has 0 spiro atoms. The molecule has 14 heavy (non-hydrogen) atoms. The van der Waals surface area contributed by atoms with E-state index in [0.717, 1.165) is 19.1 Å². The van der Waals surface area contributed by atoms with Crippen LogP contribution in [0.4, 0.5) is 0 Å². The van der Waals surface area contributed by atoms with E-state index in [1.807, 2.05) is 0 Å². The van der Waals surface area contributed by atoms with Gasteiger partial charge in [0.15, 0.2) is 9.84 Å². The van der Waals surface area contributed by atoms with Crippen molar-refractivity contribution in [2.45, 2.75) is 18.9 Å². The van der Waals surface area contributed by atoms with Gasteiger partial charge in [-0.1, -0.05) is 0 Å². The smallest absolute Gasteiger partial charge is 0.235 e. The predicted molar refractivity (Wildman–Crippen MR) is 53.4 cm³/mol. The Balaban J connectivity index is 2.38. The van der Waals surface area contributed by atoms with Crippen molar-refractivity contribution in [3.8, 4) is 0 Å². The van der Waals surface area contributed by atoms with Gasteiger partial charge >= 0.3 is 0 Å². The van der Waals surface area contributed by atoms with Crippen molar-refractivity contribution < 1.29 is 13.2 Å². The van der Waals surface area contributed by atoms with Gasteiger partial charge in [-0.3, -0.25) is 4.79 Å².